The van der Waals surface area contributed by atoms with Gasteiger partial charge in [0.25, 0.3) is 0 Å². The molecule has 0 unspecified atom stereocenters. The van der Waals surface area contributed by atoms with Gasteiger partial charge in [0, 0.05) is 24.3 Å². The topological polar surface area (TPSA) is 35.8 Å². The lowest BCUT2D eigenvalue weighted by molar-refractivity contribution is -0.143. The summed E-state index contributed by atoms with van der Waals surface area (Å²) in [5, 5.41) is 11.4. The average molecular weight is 458 g/mol. The summed E-state index contributed by atoms with van der Waals surface area (Å²) in [5.74, 6) is 0. The molecule has 0 saturated carbocycles. The van der Waals surface area contributed by atoms with E-state index in [1.165, 1.54) is 11.8 Å². The van der Waals surface area contributed by atoms with Gasteiger partial charge in [0.2, 0.25) is 0 Å². The lowest BCUT2D eigenvalue weighted by atomic mass is 10.0. The van der Waals surface area contributed by atoms with Crippen molar-refractivity contribution in [2.75, 3.05) is 11.4 Å². The van der Waals surface area contributed by atoms with Gasteiger partial charge in [-0.25, -0.2) is 0 Å². The van der Waals surface area contributed by atoms with Gasteiger partial charge in [0.1, 0.15) is 0 Å². The van der Waals surface area contributed by atoms with Gasteiger partial charge in [-0.2, -0.15) is 39.5 Å². The minimum Gasteiger partial charge on any atom is -0.411 e. The molecule has 2 aromatic rings. The lowest BCUT2D eigenvalue weighted by Crippen LogP contribution is -2.24. The molecule has 170 valence electrons. The summed E-state index contributed by atoms with van der Waals surface area (Å²) in [7, 11) is 0. The first-order valence-electron chi connectivity index (χ1n) is 8.58. The van der Waals surface area contributed by atoms with Crippen molar-refractivity contribution in [2.45, 2.75) is 32.0 Å². The van der Waals surface area contributed by atoms with Gasteiger partial charge in [0.15, 0.2) is 0 Å². The van der Waals surface area contributed by atoms with Crippen LogP contribution in [-0.4, -0.2) is 18.0 Å². The zero-order chi connectivity index (χ0) is 23.6. The van der Waals surface area contributed by atoms with Crippen molar-refractivity contribution in [3.63, 3.8) is 0 Å². The summed E-state index contributed by atoms with van der Waals surface area (Å²) in [5.41, 5.74) is -4.62. The van der Waals surface area contributed by atoms with Crippen LogP contribution in [0.15, 0.2) is 41.6 Å². The summed E-state index contributed by atoms with van der Waals surface area (Å²) in [4.78, 5) is 1.26. The van der Waals surface area contributed by atoms with E-state index in [-0.39, 0.29) is 29.4 Å². The normalized spacial score (nSPS) is 13.1. The summed E-state index contributed by atoms with van der Waals surface area (Å²) < 4.78 is 117. The zero-order valence-corrected chi connectivity index (χ0v) is 15.7. The van der Waals surface area contributed by atoms with Gasteiger partial charge in [-0.3, -0.25) is 0 Å². The van der Waals surface area contributed by atoms with Gasteiger partial charge < -0.3 is 10.1 Å². The predicted octanol–water partition coefficient (Wildman–Crippen LogP) is 6.58. The number of rotatable bonds is 5. The van der Waals surface area contributed by atoms with Gasteiger partial charge >= 0.3 is 18.5 Å². The van der Waals surface area contributed by atoms with Crippen LogP contribution in [0.2, 0.25) is 0 Å². The average Bonchev–Trinajstić information content (AvgIpc) is 2.64. The largest absolute Gasteiger partial charge is 0.416 e. The number of benzene rings is 2. The number of oxime groups is 1. The molecule has 3 nitrogen and oxygen atoms in total. The SMILES string of the molecule is CCN(Cc1cc(C(F)(F)F)cc(C(F)(F)F)c1)c1ccc(C(F)(F)F)cc1C=NO. The van der Waals surface area contributed by atoms with E-state index in [0.29, 0.717) is 30.5 Å². The monoisotopic (exact) mass is 458 g/mol. The predicted molar refractivity (Wildman–Crippen MR) is 94.0 cm³/mol. The molecule has 0 spiro atoms. The Bertz CT molecular complexity index is 915. The van der Waals surface area contributed by atoms with Crippen molar-refractivity contribution >= 4 is 11.9 Å². The van der Waals surface area contributed by atoms with E-state index in [9.17, 15) is 39.5 Å². The quantitative estimate of drug-likeness (QED) is 0.238. The Hall–Kier alpha value is -2.92. The Labute approximate surface area is 170 Å². The number of hydrogen-bond acceptors (Lipinski definition) is 3. The molecule has 2 rings (SSSR count). The smallest absolute Gasteiger partial charge is 0.411 e. The van der Waals surface area contributed by atoms with E-state index >= 15 is 0 Å². The Kier molecular flexibility index (Phi) is 6.81. The van der Waals surface area contributed by atoms with E-state index in [4.69, 9.17) is 5.21 Å². The van der Waals surface area contributed by atoms with E-state index in [1.807, 2.05) is 0 Å². The lowest BCUT2D eigenvalue weighted by Gasteiger charge is -2.26. The van der Waals surface area contributed by atoms with Gasteiger partial charge in [0.05, 0.1) is 22.9 Å². The molecule has 0 heterocycles. The number of halogens is 9. The molecule has 0 atom stereocenters. The molecule has 0 radical (unpaired) electrons. The van der Waals surface area contributed by atoms with E-state index in [2.05, 4.69) is 5.16 Å². The van der Waals surface area contributed by atoms with Crippen molar-refractivity contribution < 1.29 is 44.7 Å². The first kappa shape index (κ1) is 24.4. The van der Waals surface area contributed by atoms with Crippen LogP contribution in [0.3, 0.4) is 0 Å². The van der Waals surface area contributed by atoms with E-state index in [0.717, 1.165) is 6.07 Å². The molecular weight excluding hydrogens is 443 g/mol. The highest BCUT2D eigenvalue weighted by Gasteiger charge is 2.37. The third-order valence-corrected chi connectivity index (χ3v) is 4.29. The molecule has 0 aliphatic rings. The summed E-state index contributed by atoms with van der Waals surface area (Å²) in [6.45, 7) is 1.06. The molecular formula is C19H15F9N2O. The Morgan fingerprint density at radius 3 is 1.74 bits per heavy atom. The fourth-order valence-electron chi connectivity index (χ4n) is 2.88. The van der Waals surface area contributed by atoms with Crippen LogP contribution in [-0.2, 0) is 25.1 Å². The van der Waals surface area contributed by atoms with Crippen molar-refractivity contribution in [1.82, 2.24) is 0 Å². The van der Waals surface area contributed by atoms with Crippen LogP contribution < -0.4 is 4.90 Å². The van der Waals surface area contributed by atoms with Crippen LogP contribution in [0.25, 0.3) is 0 Å². The minimum atomic E-state index is -5.03. The van der Waals surface area contributed by atoms with Crippen LogP contribution in [0, 0.1) is 0 Å². The maximum Gasteiger partial charge on any atom is 0.416 e. The molecule has 0 amide bonds. The molecule has 12 heteroatoms. The number of nitrogens with zero attached hydrogens (tertiary/aromatic N) is 2. The molecule has 2 aromatic carbocycles. The summed E-state index contributed by atoms with van der Waals surface area (Å²) >= 11 is 0. The standard InChI is InChI=1S/C19H15F9N2O/c1-2-30(16-4-3-13(17(20,21)22)7-12(16)9-29-31)10-11-5-14(18(23,24)25)8-15(6-11)19(26,27)28/h3-9,31H,2,10H2,1H3. The van der Waals surface area contributed by atoms with Crippen LogP contribution in [0.1, 0.15) is 34.7 Å². The Balaban J connectivity index is 2.54. The molecule has 0 saturated heterocycles. The molecule has 0 aromatic heterocycles. The van der Waals surface area contributed by atoms with Gasteiger partial charge in [-0.1, -0.05) is 5.16 Å². The fourth-order valence-corrected chi connectivity index (χ4v) is 2.88. The van der Waals surface area contributed by atoms with Crippen LogP contribution >= 0.6 is 0 Å². The summed E-state index contributed by atoms with van der Waals surface area (Å²) in [6, 6.07) is 3.44. The van der Waals surface area contributed by atoms with Gasteiger partial charge in [-0.05, 0) is 48.9 Å². The van der Waals surface area contributed by atoms with E-state index < -0.39 is 41.8 Å². The maximum absolute atomic E-state index is 13.1. The molecule has 31 heavy (non-hydrogen) atoms. The second kappa shape index (κ2) is 8.67. The van der Waals surface area contributed by atoms with Crippen molar-refractivity contribution in [1.29, 1.82) is 0 Å². The van der Waals surface area contributed by atoms with Crippen LogP contribution in [0.4, 0.5) is 45.2 Å². The van der Waals surface area contributed by atoms with Crippen molar-refractivity contribution in [3.8, 4) is 0 Å². The molecule has 1 N–H and O–H groups in total. The number of alkyl halides is 9. The maximum atomic E-state index is 13.1. The minimum absolute atomic E-state index is 0.0121. The molecule has 0 bridgehead atoms. The second-order valence-corrected chi connectivity index (χ2v) is 6.44. The van der Waals surface area contributed by atoms with Crippen molar-refractivity contribution in [3.05, 3.63) is 64.2 Å². The van der Waals surface area contributed by atoms with Crippen LogP contribution in [0.5, 0.6) is 0 Å². The molecule has 0 fully saturated rings. The summed E-state index contributed by atoms with van der Waals surface area (Å²) in [6.07, 6.45) is -14.1. The number of hydrogen-bond donors (Lipinski definition) is 1. The first-order chi connectivity index (χ1) is 14.2. The highest BCUT2D eigenvalue weighted by atomic mass is 19.4. The first-order valence-corrected chi connectivity index (χ1v) is 8.58. The zero-order valence-electron chi connectivity index (χ0n) is 15.7. The van der Waals surface area contributed by atoms with Gasteiger partial charge in [-0.15, -0.1) is 0 Å². The van der Waals surface area contributed by atoms with Crippen molar-refractivity contribution in [2.24, 2.45) is 5.16 Å². The second-order valence-electron chi connectivity index (χ2n) is 6.44. The Morgan fingerprint density at radius 1 is 0.806 bits per heavy atom. The third kappa shape index (κ3) is 6.05. The fraction of sp³-hybridized carbons (Fsp3) is 0.316. The molecule has 0 aliphatic carbocycles. The molecule has 0 aliphatic heterocycles. The third-order valence-electron chi connectivity index (χ3n) is 4.29. The highest BCUT2D eigenvalue weighted by Crippen LogP contribution is 2.37. The number of anilines is 1. The Morgan fingerprint density at radius 2 is 1.32 bits per heavy atom. The van der Waals surface area contributed by atoms with E-state index in [1.54, 1.807) is 0 Å². The highest BCUT2D eigenvalue weighted by molar-refractivity contribution is 5.88.